The molecule has 1 heterocycles. The van der Waals surface area contributed by atoms with Gasteiger partial charge in [0.05, 0.1) is 0 Å². The summed E-state index contributed by atoms with van der Waals surface area (Å²) >= 11 is 0. The Kier molecular flexibility index (Phi) is 6.47. The third kappa shape index (κ3) is 5.48. The summed E-state index contributed by atoms with van der Waals surface area (Å²) in [6, 6.07) is 0.394. The van der Waals surface area contributed by atoms with Crippen molar-refractivity contribution in [2.75, 3.05) is 26.2 Å². The van der Waals surface area contributed by atoms with Crippen LogP contribution in [0.15, 0.2) is 0 Å². The van der Waals surface area contributed by atoms with Crippen LogP contribution in [0.5, 0.6) is 0 Å². The van der Waals surface area contributed by atoms with Crippen LogP contribution in [0.25, 0.3) is 0 Å². The van der Waals surface area contributed by atoms with E-state index >= 15 is 0 Å². The van der Waals surface area contributed by atoms with E-state index in [0.717, 1.165) is 32.5 Å². The molecule has 0 aromatic carbocycles. The summed E-state index contributed by atoms with van der Waals surface area (Å²) < 4.78 is 0. The number of nitrogens with one attached hydrogen (secondary N) is 1. The number of aliphatic hydroxyl groups is 1. The second kappa shape index (κ2) is 7.63. The van der Waals surface area contributed by atoms with Gasteiger partial charge in [0, 0.05) is 12.6 Å². The molecular formula is C12H25N3O2. The maximum Gasteiger partial charge on any atom is 0.247 e. The Balaban J connectivity index is 2.24. The molecule has 2 unspecified atom stereocenters. The molecule has 0 spiro atoms. The van der Waals surface area contributed by atoms with Crippen LogP contribution < -0.4 is 11.1 Å². The minimum Gasteiger partial charge on any atom is -0.382 e. The molecule has 100 valence electrons. The van der Waals surface area contributed by atoms with Crippen molar-refractivity contribution in [1.29, 1.82) is 0 Å². The van der Waals surface area contributed by atoms with E-state index in [2.05, 4.69) is 17.1 Å². The van der Waals surface area contributed by atoms with Gasteiger partial charge in [-0.25, -0.2) is 0 Å². The van der Waals surface area contributed by atoms with E-state index in [1.807, 2.05) is 0 Å². The van der Waals surface area contributed by atoms with Gasteiger partial charge >= 0.3 is 0 Å². The molecular weight excluding hydrogens is 218 g/mol. The molecule has 1 saturated heterocycles. The van der Waals surface area contributed by atoms with Gasteiger partial charge in [-0.1, -0.05) is 6.92 Å². The topological polar surface area (TPSA) is 78.6 Å². The number of nitrogens with two attached hydrogens (primary N) is 1. The highest BCUT2D eigenvalue weighted by molar-refractivity contribution is 5.78. The van der Waals surface area contributed by atoms with Crippen molar-refractivity contribution in [3.8, 4) is 0 Å². The minimum absolute atomic E-state index is 0.272. The summed E-state index contributed by atoms with van der Waals surface area (Å²) in [6.45, 7) is 5.89. The van der Waals surface area contributed by atoms with Gasteiger partial charge in [0.15, 0.2) is 0 Å². The lowest BCUT2D eigenvalue weighted by Crippen LogP contribution is -2.42. The Morgan fingerprint density at radius 2 is 2.29 bits per heavy atom. The molecule has 5 heteroatoms. The Morgan fingerprint density at radius 1 is 1.53 bits per heavy atom. The van der Waals surface area contributed by atoms with Crippen molar-refractivity contribution < 1.29 is 9.90 Å². The Hall–Kier alpha value is -0.650. The SMILES string of the molecule is CCCN1CCCC(NCC(O)C(N)=O)CC1. The van der Waals surface area contributed by atoms with Crippen molar-refractivity contribution >= 4 is 5.91 Å². The maximum atomic E-state index is 10.7. The molecule has 0 radical (unpaired) electrons. The van der Waals surface area contributed by atoms with Crippen molar-refractivity contribution in [3.63, 3.8) is 0 Å². The van der Waals surface area contributed by atoms with Gasteiger partial charge in [-0.15, -0.1) is 0 Å². The fourth-order valence-electron chi connectivity index (χ4n) is 2.28. The molecule has 0 saturated carbocycles. The molecule has 1 aliphatic heterocycles. The van der Waals surface area contributed by atoms with Crippen LogP contribution in [0.4, 0.5) is 0 Å². The van der Waals surface area contributed by atoms with Crippen LogP contribution in [-0.4, -0.2) is 54.2 Å². The number of aliphatic hydroxyl groups excluding tert-OH is 1. The molecule has 1 fully saturated rings. The molecule has 1 aliphatic rings. The smallest absolute Gasteiger partial charge is 0.247 e. The van der Waals surface area contributed by atoms with Crippen molar-refractivity contribution in [1.82, 2.24) is 10.2 Å². The molecule has 0 bridgehead atoms. The molecule has 4 N–H and O–H groups in total. The zero-order valence-corrected chi connectivity index (χ0v) is 10.7. The standard InChI is InChI=1S/C12H25N3O2/c1-2-6-15-7-3-4-10(5-8-15)14-9-11(16)12(13)17/h10-11,14,16H,2-9H2,1H3,(H2,13,17). The van der Waals surface area contributed by atoms with Crippen LogP contribution in [0.2, 0.25) is 0 Å². The van der Waals surface area contributed by atoms with Gasteiger partial charge in [-0.3, -0.25) is 4.79 Å². The second-order valence-corrected chi connectivity index (χ2v) is 4.80. The fraction of sp³-hybridized carbons (Fsp3) is 0.917. The highest BCUT2D eigenvalue weighted by Crippen LogP contribution is 2.11. The quantitative estimate of drug-likeness (QED) is 0.598. The number of hydrogen-bond acceptors (Lipinski definition) is 4. The molecule has 1 amide bonds. The monoisotopic (exact) mass is 243 g/mol. The zero-order chi connectivity index (χ0) is 12.7. The number of primary amides is 1. The van der Waals surface area contributed by atoms with E-state index in [1.165, 1.54) is 12.8 Å². The van der Waals surface area contributed by atoms with Crippen LogP contribution in [0.1, 0.15) is 32.6 Å². The van der Waals surface area contributed by atoms with Crippen LogP contribution in [-0.2, 0) is 4.79 Å². The Bertz CT molecular complexity index is 236. The lowest BCUT2D eigenvalue weighted by atomic mass is 10.1. The van der Waals surface area contributed by atoms with Gasteiger partial charge in [0.25, 0.3) is 0 Å². The first-order chi connectivity index (χ1) is 8.13. The summed E-state index contributed by atoms with van der Waals surface area (Å²) in [6.07, 6.45) is 3.48. The summed E-state index contributed by atoms with van der Waals surface area (Å²) in [5, 5.41) is 12.5. The minimum atomic E-state index is -1.06. The number of carbonyl (C=O) groups excluding carboxylic acids is 1. The molecule has 5 nitrogen and oxygen atoms in total. The van der Waals surface area contributed by atoms with Gasteiger partial charge in [-0.05, 0) is 45.3 Å². The van der Waals surface area contributed by atoms with E-state index in [1.54, 1.807) is 0 Å². The summed E-state index contributed by atoms with van der Waals surface area (Å²) in [4.78, 5) is 13.2. The molecule has 0 aromatic heterocycles. The third-order valence-electron chi connectivity index (χ3n) is 3.29. The normalized spacial score (nSPS) is 24.2. The molecule has 1 rings (SSSR count). The van der Waals surface area contributed by atoms with Gasteiger partial charge in [0.1, 0.15) is 6.10 Å². The van der Waals surface area contributed by atoms with Crippen LogP contribution in [0, 0.1) is 0 Å². The van der Waals surface area contributed by atoms with E-state index in [4.69, 9.17) is 5.73 Å². The average molecular weight is 243 g/mol. The summed E-state index contributed by atoms with van der Waals surface area (Å²) in [5.74, 6) is -0.654. The second-order valence-electron chi connectivity index (χ2n) is 4.80. The van der Waals surface area contributed by atoms with E-state index in [-0.39, 0.29) is 6.54 Å². The first-order valence-corrected chi connectivity index (χ1v) is 6.56. The lowest BCUT2D eigenvalue weighted by molar-refractivity contribution is -0.125. The van der Waals surface area contributed by atoms with Gasteiger partial charge in [-0.2, -0.15) is 0 Å². The average Bonchev–Trinajstić information content (AvgIpc) is 2.52. The van der Waals surface area contributed by atoms with Crippen LogP contribution >= 0.6 is 0 Å². The molecule has 17 heavy (non-hydrogen) atoms. The van der Waals surface area contributed by atoms with Crippen molar-refractivity contribution in [2.45, 2.75) is 44.8 Å². The summed E-state index contributed by atoms with van der Waals surface area (Å²) in [7, 11) is 0. The third-order valence-corrected chi connectivity index (χ3v) is 3.29. The summed E-state index contributed by atoms with van der Waals surface area (Å²) in [5.41, 5.74) is 5.01. The molecule has 0 aliphatic carbocycles. The van der Waals surface area contributed by atoms with Crippen LogP contribution in [0.3, 0.4) is 0 Å². The highest BCUT2D eigenvalue weighted by atomic mass is 16.3. The van der Waals surface area contributed by atoms with Crippen molar-refractivity contribution in [3.05, 3.63) is 0 Å². The maximum absolute atomic E-state index is 10.7. The predicted molar refractivity (Wildman–Crippen MR) is 67.6 cm³/mol. The number of rotatable bonds is 6. The number of amides is 1. The first-order valence-electron chi connectivity index (χ1n) is 6.56. The number of nitrogens with zero attached hydrogens (tertiary/aromatic N) is 1. The van der Waals surface area contributed by atoms with E-state index < -0.39 is 12.0 Å². The Morgan fingerprint density at radius 3 is 2.94 bits per heavy atom. The number of carbonyl (C=O) groups is 1. The van der Waals surface area contributed by atoms with Gasteiger partial charge < -0.3 is 21.1 Å². The highest BCUT2D eigenvalue weighted by Gasteiger charge is 2.18. The first kappa shape index (κ1) is 14.4. The van der Waals surface area contributed by atoms with E-state index in [9.17, 15) is 9.90 Å². The van der Waals surface area contributed by atoms with E-state index in [0.29, 0.717) is 6.04 Å². The van der Waals surface area contributed by atoms with Crippen molar-refractivity contribution in [2.24, 2.45) is 5.73 Å². The van der Waals surface area contributed by atoms with Gasteiger partial charge in [0.2, 0.25) is 5.91 Å². The predicted octanol–water partition coefficient (Wildman–Crippen LogP) is -0.313. The lowest BCUT2D eigenvalue weighted by Gasteiger charge is -2.20. The fourth-order valence-corrected chi connectivity index (χ4v) is 2.28. The zero-order valence-electron chi connectivity index (χ0n) is 10.7. The molecule has 2 atom stereocenters. The number of likely N-dealkylation sites (tertiary alicyclic amines) is 1. The molecule has 0 aromatic rings. The number of hydrogen-bond donors (Lipinski definition) is 3. The largest absolute Gasteiger partial charge is 0.382 e. The Labute approximate surface area is 103 Å².